The maximum absolute atomic E-state index is 13.1. The lowest BCUT2D eigenvalue weighted by atomic mass is 9.93. The monoisotopic (exact) mass is 425 g/mol. The van der Waals surface area contributed by atoms with Gasteiger partial charge in [0, 0.05) is 44.0 Å². The lowest BCUT2D eigenvalue weighted by Crippen LogP contribution is -2.53. The van der Waals surface area contributed by atoms with Gasteiger partial charge in [-0.15, -0.1) is 11.3 Å². The highest BCUT2D eigenvalue weighted by molar-refractivity contribution is 7.10. The molecule has 5 nitrogen and oxygen atoms in total. The fourth-order valence-electron chi connectivity index (χ4n) is 4.52. The van der Waals surface area contributed by atoms with Gasteiger partial charge in [0.25, 0.3) is 0 Å². The van der Waals surface area contributed by atoms with E-state index in [1.807, 2.05) is 27.2 Å². The van der Waals surface area contributed by atoms with Crippen LogP contribution in [0.15, 0.2) is 41.8 Å². The van der Waals surface area contributed by atoms with Crippen molar-refractivity contribution in [1.29, 1.82) is 0 Å². The van der Waals surface area contributed by atoms with Crippen LogP contribution in [-0.2, 0) is 16.0 Å². The van der Waals surface area contributed by atoms with Crippen LogP contribution in [0, 0.1) is 5.92 Å². The molecule has 1 fully saturated rings. The summed E-state index contributed by atoms with van der Waals surface area (Å²) in [7, 11) is 0. The van der Waals surface area contributed by atoms with Crippen molar-refractivity contribution < 1.29 is 9.59 Å². The van der Waals surface area contributed by atoms with Crippen molar-refractivity contribution in [3.63, 3.8) is 0 Å². The summed E-state index contributed by atoms with van der Waals surface area (Å²) in [6.45, 7) is 8.02. The first kappa shape index (κ1) is 21.1. The van der Waals surface area contributed by atoms with E-state index in [4.69, 9.17) is 0 Å². The molecule has 0 N–H and O–H groups in total. The number of nitrogens with zero attached hydrogens (tertiary/aromatic N) is 3. The summed E-state index contributed by atoms with van der Waals surface area (Å²) in [6, 6.07) is 12.9. The van der Waals surface area contributed by atoms with E-state index in [9.17, 15) is 9.59 Å². The van der Waals surface area contributed by atoms with Crippen molar-refractivity contribution in [3.05, 3.63) is 57.8 Å². The van der Waals surface area contributed by atoms with Gasteiger partial charge >= 0.3 is 0 Å². The number of benzene rings is 1. The molecule has 1 aromatic heterocycles. The van der Waals surface area contributed by atoms with E-state index < -0.39 is 0 Å². The molecule has 2 aromatic rings. The molecule has 3 heterocycles. The van der Waals surface area contributed by atoms with Gasteiger partial charge in [-0.1, -0.05) is 44.2 Å². The smallest absolute Gasteiger partial charge is 0.236 e. The van der Waals surface area contributed by atoms with Crippen LogP contribution in [0.5, 0.6) is 0 Å². The van der Waals surface area contributed by atoms with Crippen molar-refractivity contribution in [2.75, 3.05) is 39.3 Å². The van der Waals surface area contributed by atoms with Crippen LogP contribution in [-0.4, -0.2) is 65.8 Å². The number of carbonyl (C=O) groups is 2. The molecule has 30 heavy (non-hydrogen) atoms. The van der Waals surface area contributed by atoms with Gasteiger partial charge in [-0.25, -0.2) is 0 Å². The number of rotatable bonds is 5. The predicted octanol–water partition coefficient (Wildman–Crippen LogP) is 3.41. The summed E-state index contributed by atoms with van der Waals surface area (Å²) in [5.41, 5.74) is 2.59. The molecule has 2 aliphatic rings. The van der Waals surface area contributed by atoms with Gasteiger partial charge in [0.1, 0.15) is 0 Å². The standard InChI is InChI=1S/C24H31N3O2S/c1-18(2)16-22(28)25-11-13-26(14-12-25)23(29)17-27-10-8-21-20(9-15-30-21)24(27)19-6-4-3-5-7-19/h3-7,9,15,18,24H,8,10-14,16-17H2,1-2H3. The summed E-state index contributed by atoms with van der Waals surface area (Å²) >= 11 is 1.82. The van der Waals surface area contributed by atoms with E-state index in [2.05, 4.69) is 54.5 Å². The Bertz CT molecular complexity index is 872. The molecule has 0 aliphatic carbocycles. The number of thiophene rings is 1. The van der Waals surface area contributed by atoms with E-state index in [0.717, 1.165) is 13.0 Å². The Morgan fingerprint density at radius 3 is 2.30 bits per heavy atom. The highest BCUT2D eigenvalue weighted by Gasteiger charge is 2.32. The minimum absolute atomic E-state index is 0.138. The summed E-state index contributed by atoms with van der Waals surface area (Å²) < 4.78 is 0. The summed E-state index contributed by atoms with van der Waals surface area (Å²) in [5, 5.41) is 2.17. The van der Waals surface area contributed by atoms with Gasteiger partial charge < -0.3 is 9.80 Å². The molecule has 160 valence electrons. The minimum atomic E-state index is 0.138. The first-order chi connectivity index (χ1) is 14.5. The molecule has 1 saturated heterocycles. The highest BCUT2D eigenvalue weighted by atomic mass is 32.1. The summed E-state index contributed by atoms with van der Waals surface area (Å²) in [5.74, 6) is 0.751. The van der Waals surface area contributed by atoms with Crippen LogP contribution in [0.1, 0.15) is 42.3 Å². The number of amides is 2. The molecule has 1 aromatic carbocycles. The zero-order valence-electron chi connectivity index (χ0n) is 17.9. The zero-order chi connectivity index (χ0) is 21.1. The lowest BCUT2D eigenvalue weighted by Gasteiger charge is -2.39. The van der Waals surface area contributed by atoms with Crippen LogP contribution >= 0.6 is 11.3 Å². The molecule has 2 amide bonds. The maximum Gasteiger partial charge on any atom is 0.236 e. The summed E-state index contributed by atoms with van der Waals surface area (Å²) in [6.07, 6.45) is 1.59. The third-order valence-corrected chi connectivity index (χ3v) is 7.08. The van der Waals surface area contributed by atoms with Crippen LogP contribution < -0.4 is 0 Å². The molecule has 1 unspecified atom stereocenters. The van der Waals surface area contributed by atoms with Crippen molar-refractivity contribution in [1.82, 2.24) is 14.7 Å². The maximum atomic E-state index is 13.1. The number of hydrogen-bond donors (Lipinski definition) is 0. The van der Waals surface area contributed by atoms with Crippen molar-refractivity contribution in [2.45, 2.75) is 32.7 Å². The van der Waals surface area contributed by atoms with Gasteiger partial charge in [0.15, 0.2) is 0 Å². The SMILES string of the molecule is CC(C)CC(=O)N1CCN(C(=O)CN2CCc3sccc3C2c2ccccc2)CC1. The van der Waals surface area contributed by atoms with E-state index in [1.165, 1.54) is 16.0 Å². The van der Waals surface area contributed by atoms with Crippen molar-refractivity contribution >= 4 is 23.2 Å². The van der Waals surface area contributed by atoms with E-state index in [1.54, 1.807) is 0 Å². The fraction of sp³-hybridized carbons (Fsp3) is 0.500. The van der Waals surface area contributed by atoms with Crippen molar-refractivity contribution in [3.8, 4) is 0 Å². The second-order valence-corrected chi connectivity index (χ2v) is 9.69. The molecule has 6 heteroatoms. The Labute approximate surface area is 183 Å². The second kappa shape index (κ2) is 9.31. The Kier molecular flexibility index (Phi) is 6.54. The predicted molar refractivity (Wildman–Crippen MR) is 120 cm³/mol. The number of piperazine rings is 1. The van der Waals surface area contributed by atoms with Crippen LogP contribution in [0.25, 0.3) is 0 Å². The zero-order valence-corrected chi connectivity index (χ0v) is 18.7. The second-order valence-electron chi connectivity index (χ2n) is 8.69. The third kappa shape index (κ3) is 4.60. The first-order valence-electron chi connectivity index (χ1n) is 10.9. The molecule has 0 saturated carbocycles. The Morgan fingerprint density at radius 1 is 0.967 bits per heavy atom. The first-order valence-corrected chi connectivity index (χ1v) is 11.8. The number of fused-ring (bicyclic) bond motifs is 1. The molecular formula is C24H31N3O2S. The minimum Gasteiger partial charge on any atom is -0.339 e. The van der Waals surface area contributed by atoms with E-state index >= 15 is 0 Å². The number of carbonyl (C=O) groups excluding carboxylic acids is 2. The highest BCUT2D eigenvalue weighted by Crippen LogP contribution is 2.37. The van der Waals surface area contributed by atoms with Crippen LogP contribution in [0.3, 0.4) is 0 Å². The van der Waals surface area contributed by atoms with E-state index in [-0.39, 0.29) is 17.9 Å². The van der Waals surface area contributed by atoms with Gasteiger partial charge in [-0.2, -0.15) is 0 Å². The normalized spacial score (nSPS) is 19.8. The third-order valence-electron chi connectivity index (χ3n) is 6.09. The topological polar surface area (TPSA) is 43.9 Å². The Morgan fingerprint density at radius 2 is 1.63 bits per heavy atom. The van der Waals surface area contributed by atoms with Gasteiger partial charge in [0.2, 0.25) is 11.8 Å². The molecule has 0 spiro atoms. The number of hydrogen-bond acceptors (Lipinski definition) is 4. The average molecular weight is 426 g/mol. The molecule has 0 bridgehead atoms. The van der Waals surface area contributed by atoms with Gasteiger partial charge in [0.05, 0.1) is 12.6 Å². The molecule has 4 rings (SSSR count). The molecule has 0 radical (unpaired) electrons. The van der Waals surface area contributed by atoms with Gasteiger partial charge in [-0.05, 0) is 34.9 Å². The van der Waals surface area contributed by atoms with E-state index in [0.29, 0.717) is 45.1 Å². The van der Waals surface area contributed by atoms with Crippen LogP contribution in [0.4, 0.5) is 0 Å². The Balaban J connectivity index is 1.41. The quantitative estimate of drug-likeness (QED) is 0.737. The van der Waals surface area contributed by atoms with Gasteiger partial charge in [-0.3, -0.25) is 14.5 Å². The van der Waals surface area contributed by atoms with Crippen molar-refractivity contribution in [2.24, 2.45) is 5.92 Å². The molecule has 2 aliphatic heterocycles. The molecular weight excluding hydrogens is 394 g/mol. The largest absolute Gasteiger partial charge is 0.339 e. The fourth-order valence-corrected chi connectivity index (χ4v) is 5.43. The molecule has 1 atom stereocenters. The Hall–Kier alpha value is -2.18. The average Bonchev–Trinajstić information content (AvgIpc) is 3.22. The summed E-state index contributed by atoms with van der Waals surface area (Å²) in [4.78, 5) is 33.0. The lowest BCUT2D eigenvalue weighted by molar-refractivity contribution is -0.140. The van der Waals surface area contributed by atoms with Crippen LogP contribution in [0.2, 0.25) is 0 Å².